The van der Waals surface area contributed by atoms with Gasteiger partial charge in [0.1, 0.15) is 5.82 Å². The fraction of sp³-hybridized carbons (Fsp3) is 0.727. The fourth-order valence-electron chi connectivity index (χ4n) is 2.13. The molecule has 1 fully saturated rings. The third-order valence-corrected chi connectivity index (χ3v) is 4.13. The molecule has 0 aliphatic heterocycles. The molecule has 0 radical (unpaired) electrons. The Morgan fingerprint density at radius 2 is 2.29 bits per heavy atom. The highest BCUT2D eigenvalue weighted by atomic mass is 32.2. The van der Waals surface area contributed by atoms with Gasteiger partial charge in [-0.3, -0.25) is 9.89 Å². The van der Waals surface area contributed by atoms with Crippen LogP contribution in [0, 0.1) is 5.92 Å². The summed E-state index contributed by atoms with van der Waals surface area (Å²) in [6.45, 7) is 1.76. The molecule has 0 saturated heterocycles. The molecule has 0 spiro atoms. The summed E-state index contributed by atoms with van der Waals surface area (Å²) in [5, 5.41) is 7.37. The molecule has 6 heteroatoms. The van der Waals surface area contributed by atoms with Gasteiger partial charge < -0.3 is 5.73 Å². The average molecular weight is 254 g/mol. The number of carbonyl (C=O) groups excluding carboxylic acids is 1. The minimum Gasteiger partial charge on any atom is -0.369 e. The van der Waals surface area contributed by atoms with E-state index in [1.807, 2.05) is 0 Å². The molecule has 1 heterocycles. The van der Waals surface area contributed by atoms with Gasteiger partial charge in [-0.15, -0.1) is 5.10 Å². The first-order valence-electron chi connectivity index (χ1n) is 6.02. The van der Waals surface area contributed by atoms with Gasteiger partial charge in [-0.1, -0.05) is 37.4 Å². The molecule has 3 N–H and O–H groups in total. The number of hydrogen-bond acceptors (Lipinski definition) is 4. The summed E-state index contributed by atoms with van der Waals surface area (Å²) in [6.07, 6.45) is 6.22. The first-order valence-corrected chi connectivity index (χ1v) is 6.90. The van der Waals surface area contributed by atoms with Crippen molar-refractivity contribution in [2.24, 2.45) is 11.7 Å². The van der Waals surface area contributed by atoms with E-state index in [-0.39, 0.29) is 11.2 Å². The van der Waals surface area contributed by atoms with Gasteiger partial charge in [0.15, 0.2) is 0 Å². The minimum atomic E-state index is -0.336. The number of nitrogens with two attached hydrogens (primary N) is 1. The van der Waals surface area contributed by atoms with Crippen molar-refractivity contribution in [3.05, 3.63) is 5.82 Å². The SMILES string of the molecule is C[C@H](Sc1n[nH]c(CC2CCCC2)n1)C(N)=O. The lowest BCUT2D eigenvalue weighted by Crippen LogP contribution is -2.22. The molecule has 0 bridgehead atoms. The Kier molecular flexibility index (Phi) is 4.04. The van der Waals surface area contributed by atoms with Crippen molar-refractivity contribution in [1.82, 2.24) is 15.2 Å². The summed E-state index contributed by atoms with van der Waals surface area (Å²) in [5.41, 5.74) is 5.20. The van der Waals surface area contributed by atoms with Crippen LogP contribution in [-0.2, 0) is 11.2 Å². The highest BCUT2D eigenvalue weighted by Crippen LogP contribution is 2.27. The van der Waals surface area contributed by atoms with Gasteiger partial charge in [0.25, 0.3) is 0 Å². The molecule has 17 heavy (non-hydrogen) atoms. The number of H-pyrrole nitrogens is 1. The number of thioether (sulfide) groups is 1. The number of carbonyl (C=O) groups is 1. The summed E-state index contributed by atoms with van der Waals surface area (Å²) in [5.74, 6) is 1.34. The van der Waals surface area contributed by atoms with E-state index in [4.69, 9.17) is 5.73 Å². The lowest BCUT2D eigenvalue weighted by atomic mass is 10.0. The molecule has 1 aromatic heterocycles. The zero-order valence-corrected chi connectivity index (χ0v) is 10.8. The van der Waals surface area contributed by atoms with E-state index >= 15 is 0 Å². The molecule has 0 unspecified atom stereocenters. The molecule has 1 aliphatic rings. The number of nitrogens with one attached hydrogen (secondary N) is 1. The van der Waals surface area contributed by atoms with Gasteiger partial charge >= 0.3 is 0 Å². The Balaban J connectivity index is 1.88. The molecule has 1 aliphatic carbocycles. The second-order valence-corrected chi connectivity index (χ2v) is 5.89. The predicted octanol–water partition coefficient (Wildman–Crippen LogP) is 1.50. The first kappa shape index (κ1) is 12.4. The highest BCUT2D eigenvalue weighted by Gasteiger charge is 2.18. The lowest BCUT2D eigenvalue weighted by molar-refractivity contribution is -0.117. The number of hydrogen-bond donors (Lipinski definition) is 2. The van der Waals surface area contributed by atoms with Gasteiger partial charge in [0.2, 0.25) is 11.1 Å². The molecule has 1 amide bonds. The van der Waals surface area contributed by atoms with Gasteiger partial charge in [0, 0.05) is 6.42 Å². The number of aromatic nitrogens is 3. The molecular weight excluding hydrogens is 236 g/mol. The van der Waals surface area contributed by atoms with Gasteiger partial charge in [-0.25, -0.2) is 4.98 Å². The largest absolute Gasteiger partial charge is 0.369 e. The topological polar surface area (TPSA) is 84.7 Å². The maximum absolute atomic E-state index is 10.9. The number of aromatic amines is 1. The Morgan fingerprint density at radius 1 is 1.59 bits per heavy atom. The van der Waals surface area contributed by atoms with Crippen molar-refractivity contribution in [3.8, 4) is 0 Å². The molecule has 0 aromatic carbocycles. The van der Waals surface area contributed by atoms with Gasteiger partial charge in [0.05, 0.1) is 5.25 Å². The van der Waals surface area contributed by atoms with E-state index in [9.17, 15) is 4.79 Å². The molecule has 94 valence electrons. The van der Waals surface area contributed by atoms with E-state index in [0.717, 1.165) is 18.2 Å². The van der Waals surface area contributed by atoms with Crippen LogP contribution in [0.5, 0.6) is 0 Å². The quantitative estimate of drug-likeness (QED) is 0.780. The minimum absolute atomic E-state index is 0.287. The number of amides is 1. The standard InChI is InChI=1S/C11H18N4OS/c1-7(10(12)16)17-11-13-9(14-15-11)6-8-4-2-3-5-8/h7-8H,2-6H2,1H3,(H2,12,16)(H,13,14,15)/t7-/m0/s1. The van der Waals surface area contributed by atoms with Crippen LogP contribution >= 0.6 is 11.8 Å². The van der Waals surface area contributed by atoms with Crippen LogP contribution < -0.4 is 5.73 Å². The van der Waals surface area contributed by atoms with Crippen molar-refractivity contribution in [2.75, 3.05) is 0 Å². The average Bonchev–Trinajstić information content (AvgIpc) is 2.91. The fourth-order valence-corrected chi connectivity index (χ4v) is 2.82. The van der Waals surface area contributed by atoms with Crippen LogP contribution in [0.4, 0.5) is 0 Å². The van der Waals surface area contributed by atoms with Crippen LogP contribution in [-0.4, -0.2) is 26.3 Å². The van der Waals surface area contributed by atoms with E-state index in [0.29, 0.717) is 5.16 Å². The number of primary amides is 1. The second kappa shape index (κ2) is 5.53. The van der Waals surface area contributed by atoms with Crippen LogP contribution in [0.2, 0.25) is 0 Å². The van der Waals surface area contributed by atoms with Crippen molar-refractivity contribution in [3.63, 3.8) is 0 Å². The van der Waals surface area contributed by atoms with Crippen molar-refractivity contribution < 1.29 is 4.79 Å². The van der Waals surface area contributed by atoms with Gasteiger partial charge in [-0.2, -0.15) is 0 Å². The zero-order valence-electron chi connectivity index (χ0n) is 9.98. The third kappa shape index (κ3) is 3.46. The third-order valence-electron chi connectivity index (χ3n) is 3.15. The van der Waals surface area contributed by atoms with Crippen LogP contribution in [0.25, 0.3) is 0 Å². The highest BCUT2D eigenvalue weighted by molar-refractivity contribution is 8.00. The monoisotopic (exact) mass is 254 g/mol. The smallest absolute Gasteiger partial charge is 0.230 e. The maximum Gasteiger partial charge on any atom is 0.230 e. The van der Waals surface area contributed by atoms with Crippen LogP contribution in [0.1, 0.15) is 38.4 Å². The molecule has 2 rings (SSSR count). The molecule has 5 nitrogen and oxygen atoms in total. The molecule has 1 saturated carbocycles. The van der Waals surface area contributed by atoms with E-state index in [1.54, 1.807) is 6.92 Å². The van der Waals surface area contributed by atoms with E-state index in [1.165, 1.54) is 37.4 Å². The Morgan fingerprint density at radius 3 is 2.94 bits per heavy atom. The normalized spacial score (nSPS) is 18.4. The summed E-state index contributed by atoms with van der Waals surface area (Å²) in [7, 11) is 0. The van der Waals surface area contributed by atoms with E-state index in [2.05, 4.69) is 15.2 Å². The van der Waals surface area contributed by atoms with E-state index < -0.39 is 0 Å². The number of rotatable bonds is 5. The lowest BCUT2D eigenvalue weighted by Gasteiger charge is -2.04. The second-order valence-electron chi connectivity index (χ2n) is 4.58. The molecular formula is C11H18N4OS. The summed E-state index contributed by atoms with van der Waals surface area (Å²) in [4.78, 5) is 15.3. The Bertz CT molecular complexity index is 387. The summed E-state index contributed by atoms with van der Waals surface area (Å²) in [6, 6.07) is 0. The van der Waals surface area contributed by atoms with Crippen molar-refractivity contribution >= 4 is 17.7 Å². The summed E-state index contributed by atoms with van der Waals surface area (Å²) < 4.78 is 0. The Labute approximate surface area is 105 Å². The van der Waals surface area contributed by atoms with Crippen LogP contribution in [0.3, 0.4) is 0 Å². The number of nitrogens with zero attached hydrogens (tertiary/aromatic N) is 2. The zero-order chi connectivity index (χ0) is 12.3. The molecule has 1 atom stereocenters. The molecule has 1 aromatic rings. The Hall–Kier alpha value is -1.04. The van der Waals surface area contributed by atoms with Crippen LogP contribution in [0.15, 0.2) is 5.16 Å². The van der Waals surface area contributed by atoms with Gasteiger partial charge in [-0.05, 0) is 12.8 Å². The maximum atomic E-state index is 10.9. The first-order chi connectivity index (χ1) is 8.15. The summed E-state index contributed by atoms with van der Waals surface area (Å²) >= 11 is 1.30. The van der Waals surface area contributed by atoms with Crippen molar-refractivity contribution in [1.29, 1.82) is 0 Å². The van der Waals surface area contributed by atoms with Crippen molar-refractivity contribution in [2.45, 2.75) is 49.4 Å². The predicted molar refractivity (Wildman–Crippen MR) is 66.6 cm³/mol.